The van der Waals surface area contributed by atoms with Crippen molar-refractivity contribution in [3.63, 3.8) is 0 Å². The van der Waals surface area contributed by atoms with Crippen molar-refractivity contribution in [3.8, 4) is 0 Å². The predicted molar refractivity (Wildman–Crippen MR) is 90.1 cm³/mol. The van der Waals surface area contributed by atoms with Gasteiger partial charge in [0.15, 0.2) is 0 Å². The van der Waals surface area contributed by atoms with Crippen molar-refractivity contribution in [1.82, 2.24) is 10.2 Å². The molecule has 1 fully saturated rings. The van der Waals surface area contributed by atoms with Crippen molar-refractivity contribution in [3.05, 3.63) is 29.8 Å². The molecule has 1 amide bonds. The van der Waals surface area contributed by atoms with Crippen LogP contribution in [0.3, 0.4) is 0 Å². The molecule has 4 heteroatoms. The lowest BCUT2D eigenvalue weighted by Gasteiger charge is -2.30. The summed E-state index contributed by atoms with van der Waals surface area (Å²) in [6.45, 7) is 4.88. The molecule has 0 aromatic heterocycles. The zero-order valence-corrected chi connectivity index (χ0v) is 13.9. The zero-order chi connectivity index (χ0) is 15.1. The minimum atomic E-state index is 0.164. The molecule has 0 bridgehead atoms. The lowest BCUT2D eigenvalue weighted by Crippen LogP contribution is -2.46. The van der Waals surface area contributed by atoms with Gasteiger partial charge in [0.1, 0.15) is 0 Å². The number of amides is 1. The van der Waals surface area contributed by atoms with Crippen molar-refractivity contribution in [2.24, 2.45) is 0 Å². The van der Waals surface area contributed by atoms with Crippen LogP contribution in [0.2, 0.25) is 0 Å². The van der Waals surface area contributed by atoms with Crippen LogP contribution >= 0.6 is 11.8 Å². The number of carbonyl (C=O) groups is 1. The first kappa shape index (κ1) is 16.4. The fraction of sp³-hybridized carbons (Fsp3) is 0.588. The maximum Gasteiger partial charge on any atom is 0.253 e. The summed E-state index contributed by atoms with van der Waals surface area (Å²) in [7, 11) is 0. The lowest BCUT2D eigenvalue weighted by atomic mass is 10.0. The van der Waals surface area contributed by atoms with E-state index in [2.05, 4.69) is 18.5 Å². The molecule has 2 rings (SSSR count). The van der Waals surface area contributed by atoms with Gasteiger partial charge < -0.3 is 10.2 Å². The highest BCUT2D eigenvalue weighted by Gasteiger charge is 2.20. The van der Waals surface area contributed by atoms with E-state index >= 15 is 0 Å². The molecule has 0 radical (unpaired) electrons. The van der Waals surface area contributed by atoms with Crippen LogP contribution in [0.25, 0.3) is 0 Å². The van der Waals surface area contributed by atoms with E-state index in [9.17, 15) is 4.79 Å². The molecule has 0 spiro atoms. The van der Waals surface area contributed by atoms with E-state index < -0.39 is 0 Å². The Kier molecular flexibility index (Phi) is 6.58. The van der Waals surface area contributed by atoms with Crippen LogP contribution in [0.4, 0.5) is 0 Å². The third-order valence-electron chi connectivity index (χ3n) is 3.97. The number of piperidine rings is 1. The second kappa shape index (κ2) is 8.44. The molecule has 1 aromatic carbocycles. The highest BCUT2D eigenvalue weighted by atomic mass is 32.2. The van der Waals surface area contributed by atoms with Gasteiger partial charge in [-0.1, -0.05) is 13.3 Å². The predicted octanol–water partition coefficient (Wildman–Crippen LogP) is 3.40. The van der Waals surface area contributed by atoms with Gasteiger partial charge in [0.25, 0.3) is 5.91 Å². The van der Waals surface area contributed by atoms with Gasteiger partial charge in [-0.3, -0.25) is 4.79 Å². The third kappa shape index (κ3) is 4.75. The first-order chi connectivity index (χ1) is 10.2. The summed E-state index contributed by atoms with van der Waals surface area (Å²) in [6, 6.07) is 8.41. The number of benzene rings is 1. The maximum atomic E-state index is 12.7. The Labute approximate surface area is 132 Å². The van der Waals surface area contributed by atoms with Crippen LogP contribution < -0.4 is 5.32 Å². The second-order valence-electron chi connectivity index (χ2n) is 5.63. The summed E-state index contributed by atoms with van der Waals surface area (Å²) in [5, 5.41) is 3.54. The van der Waals surface area contributed by atoms with Crippen LogP contribution in [-0.4, -0.2) is 42.7 Å². The van der Waals surface area contributed by atoms with Gasteiger partial charge in [-0.25, -0.2) is 0 Å². The number of carbonyl (C=O) groups excluding carboxylic acids is 1. The molecular formula is C17H26N2OS. The van der Waals surface area contributed by atoms with Crippen molar-refractivity contribution in [2.45, 2.75) is 43.5 Å². The van der Waals surface area contributed by atoms with E-state index in [4.69, 9.17) is 0 Å². The van der Waals surface area contributed by atoms with E-state index in [1.54, 1.807) is 11.8 Å². The summed E-state index contributed by atoms with van der Waals surface area (Å²) in [5.74, 6) is 0.164. The molecule has 1 atom stereocenters. The number of rotatable bonds is 6. The molecule has 1 heterocycles. The Morgan fingerprint density at radius 1 is 1.33 bits per heavy atom. The molecule has 1 unspecified atom stereocenters. The largest absolute Gasteiger partial charge is 0.337 e. The molecule has 21 heavy (non-hydrogen) atoms. The molecule has 3 nitrogen and oxygen atoms in total. The minimum Gasteiger partial charge on any atom is -0.337 e. The van der Waals surface area contributed by atoms with E-state index in [0.717, 1.165) is 31.6 Å². The topological polar surface area (TPSA) is 32.3 Å². The highest BCUT2D eigenvalue weighted by molar-refractivity contribution is 7.98. The molecule has 1 N–H and O–H groups in total. The lowest BCUT2D eigenvalue weighted by molar-refractivity contribution is 0.0731. The average molecular weight is 306 g/mol. The quantitative estimate of drug-likeness (QED) is 0.818. The summed E-state index contributed by atoms with van der Waals surface area (Å²) in [6.07, 6.45) is 6.76. The summed E-state index contributed by atoms with van der Waals surface area (Å²) < 4.78 is 0. The molecule has 0 saturated carbocycles. The van der Waals surface area contributed by atoms with E-state index in [1.165, 1.54) is 24.2 Å². The fourth-order valence-electron chi connectivity index (χ4n) is 2.81. The van der Waals surface area contributed by atoms with Gasteiger partial charge in [-0.2, -0.15) is 0 Å². The smallest absolute Gasteiger partial charge is 0.253 e. The van der Waals surface area contributed by atoms with Crippen molar-refractivity contribution in [1.29, 1.82) is 0 Å². The SMILES string of the molecule is CCCN(CC1CCCCN1)C(=O)c1ccc(SC)cc1. The van der Waals surface area contributed by atoms with Gasteiger partial charge in [0.2, 0.25) is 0 Å². The zero-order valence-electron chi connectivity index (χ0n) is 13.1. The standard InChI is InChI=1S/C17H26N2OS/c1-3-12-19(13-15-6-4-5-11-18-15)17(20)14-7-9-16(21-2)10-8-14/h7-10,15,18H,3-6,11-13H2,1-2H3. The fourth-order valence-corrected chi connectivity index (χ4v) is 3.22. The first-order valence-electron chi connectivity index (χ1n) is 7.91. The molecule has 1 saturated heterocycles. The van der Waals surface area contributed by atoms with Crippen molar-refractivity contribution < 1.29 is 4.79 Å². The van der Waals surface area contributed by atoms with Gasteiger partial charge in [0, 0.05) is 29.6 Å². The maximum absolute atomic E-state index is 12.7. The Balaban J connectivity index is 2.02. The van der Waals surface area contributed by atoms with Crippen molar-refractivity contribution in [2.75, 3.05) is 25.9 Å². The Bertz CT molecular complexity index is 441. The van der Waals surface area contributed by atoms with Gasteiger partial charge in [-0.15, -0.1) is 11.8 Å². The number of hydrogen-bond acceptors (Lipinski definition) is 3. The van der Waals surface area contributed by atoms with Crippen LogP contribution in [0.15, 0.2) is 29.2 Å². The second-order valence-corrected chi connectivity index (χ2v) is 6.51. The van der Waals surface area contributed by atoms with Gasteiger partial charge in [-0.05, 0) is 56.3 Å². The van der Waals surface area contributed by atoms with Gasteiger partial charge >= 0.3 is 0 Å². The third-order valence-corrected chi connectivity index (χ3v) is 4.71. The van der Waals surface area contributed by atoms with Crippen LogP contribution in [-0.2, 0) is 0 Å². The Hall–Kier alpha value is -1.00. The van der Waals surface area contributed by atoms with E-state index in [1.807, 2.05) is 29.2 Å². The first-order valence-corrected chi connectivity index (χ1v) is 9.13. The van der Waals surface area contributed by atoms with Crippen LogP contribution in [0, 0.1) is 0 Å². The van der Waals surface area contributed by atoms with Crippen LogP contribution in [0.1, 0.15) is 43.0 Å². The summed E-state index contributed by atoms with van der Waals surface area (Å²) in [5.41, 5.74) is 0.803. The van der Waals surface area contributed by atoms with E-state index in [-0.39, 0.29) is 5.91 Å². The van der Waals surface area contributed by atoms with Crippen molar-refractivity contribution >= 4 is 17.7 Å². The number of nitrogens with one attached hydrogen (secondary N) is 1. The molecular weight excluding hydrogens is 280 g/mol. The average Bonchev–Trinajstić information content (AvgIpc) is 2.55. The summed E-state index contributed by atoms with van der Waals surface area (Å²) in [4.78, 5) is 15.9. The normalized spacial score (nSPS) is 18.5. The molecule has 1 aromatic rings. The van der Waals surface area contributed by atoms with Gasteiger partial charge in [0.05, 0.1) is 0 Å². The minimum absolute atomic E-state index is 0.164. The van der Waals surface area contributed by atoms with E-state index in [0.29, 0.717) is 6.04 Å². The molecule has 1 aliphatic heterocycles. The number of hydrogen-bond donors (Lipinski definition) is 1. The molecule has 0 aliphatic carbocycles. The monoisotopic (exact) mass is 306 g/mol. The highest BCUT2D eigenvalue weighted by Crippen LogP contribution is 2.17. The molecule has 1 aliphatic rings. The Morgan fingerprint density at radius 2 is 2.10 bits per heavy atom. The Morgan fingerprint density at radius 3 is 2.67 bits per heavy atom. The summed E-state index contributed by atoms with van der Waals surface area (Å²) >= 11 is 1.70. The number of thioether (sulfide) groups is 1. The van der Waals surface area contributed by atoms with Crippen LogP contribution in [0.5, 0.6) is 0 Å². The molecule has 116 valence electrons. The number of nitrogens with zero attached hydrogens (tertiary/aromatic N) is 1.